The lowest BCUT2D eigenvalue weighted by atomic mass is 9.47. The number of carbonyl (C=O) groups excluding carboxylic acids is 2. The SMILES string of the molecule is CC[C@H]1CC[C@H]2[C@@H]3CC(=O)C4=CCC=C[C@]4(C)[C@H]3C(=O)C[C@]12C. The Morgan fingerprint density at radius 1 is 1.22 bits per heavy atom. The van der Waals surface area contributed by atoms with E-state index < -0.39 is 0 Å². The van der Waals surface area contributed by atoms with E-state index in [9.17, 15) is 9.59 Å². The van der Waals surface area contributed by atoms with Crippen molar-refractivity contribution >= 4 is 11.6 Å². The Labute approximate surface area is 139 Å². The third-order valence-electron chi connectivity index (χ3n) is 7.82. The minimum atomic E-state index is -0.346. The van der Waals surface area contributed by atoms with Gasteiger partial charge in [0, 0.05) is 29.7 Å². The summed E-state index contributed by atoms with van der Waals surface area (Å²) in [5.41, 5.74) is 0.702. The number of hydrogen-bond acceptors (Lipinski definition) is 2. The molecule has 23 heavy (non-hydrogen) atoms. The second-order valence-corrected chi connectivity index (χ2v) is 8.75. The van der Waals surface area contributed by atoms with Gasteiger partial charge in [-0.2, -0.15) is 0 Å². The molecule has 0 N–H and O–H groups in total. The summed E-state index contributed by atoms with van der Waals surface area (Å²) in [5, 5.41) is 0. The van der Waals surface area contributed by atoms with Crippen LogP contribution in [0.5, 0.6) is 0 Å². The van der Waals surface area contributed by atoms with Crippen molar-refractivity contribution in [3.63, 3.8) is 0 Å². The molecule has 4 aliphatic carbocycles. The molecule has 0 heterocycles. The van der Waals surface area contributed by atoms with E-state index in [1.807, 2.05) is 0 Å². The van der Waals surface area contributed by atoms with E-state index >= 15 is 0 Å². The molecule has 0 amide bonds. The van der Waals surface area contributed by atoms with Crippen LogP contribution in [0.2, 0.25) is 0 Å². The smallest absolute Gasteiger partial charge is 0.159 e. The Bertz CT molecular complexity index is 628. The van der Waals surface area contributed by atoms with Crippen molar-refractivity contribution in [3.8, 4) is 0 Å². The third kappa shape index (κ3) is 1.87. The summed E-state index contributed by atoms with van der Waals surface area (Å²) in [7, 11) is 0. The van der Waals surface area contributed by atoms with Gasteiger partial charge in [0.05, 0.1) is 0 Å². The van der Waals surface area contributed by atoms with Gasteiger partial charge in [-0.25, -0.2) is 0 Å². The summed E-state index contributed by atoms with van der Waals surface area (Å²) in [6.45, 7) is 6.73. The first-order chi connectivity index (χ1) is 10.9. The molecule has 124 valence electrons. The molecular weight excluding hydrogens is 284 g/mol. The molecule has 0 aromatic heterocycles. The second-order valence-electron chi connectivity index (χ2n) is 8.75. The van der Waals surface area contributed by atoms with Gasteiger partial charge >= 0.3 is 0 Å². The molecule has 0 saturated heterocycles. The minimum Gasteiger partial charge on any atom is -0.299 e. The van der Waals surface area contributed by atoms with Gasteiger partial charge in [0.2, 0.25) is 0 Å². The number of rotatable bonds is 1. The summed E-state index contributed by atoms with van der Waals surface area (Å²) in [4.78, 5) is 26.1. The maximum Gasteiger partial charge on any atom is 0.159 e. The molecule has 0 aromatic carbocycles. The van der Waals surface area contributed by atoms with Crippen molar-refractivity contribution in [2.24, 2.45) is 34.5 Å². The minimum absolute atomic E-state index is 0.0247. The third-order valence-corrected chi connectivity index (χ3v) is 7.82. The topological polar surface area (TPSA) is 34.1 Å². The number of ketones is 2. The number of Topliss-reactive ketones (excluding diaryl/α,β-unsaturated/α-hetero) is 2. The molecule has 2 heteroatoms. The number of fused-ring (bicyclic) bond motifs is 5. The summed E-state index contributed by atoms with van der Waals surface area (Å²) < 4.78 is 0. The molecule has 0 bridgehead atoms. The Balaban J connectivity index is 1.79. The largest absolute Gasteiger partial charge is 0.299 e. The lowest BCUT2D eigenvalue weighted by Crippen LogP contribution is -2.55. The van der Waals surface area contributed by atoms with Crippen molar-refractivity contribution in [1.29, 1.82) is 0 Å². The van der Waals surface area contributed by atoms with E-state index in [4.69, 9.17) is 0 Å². The van der Waals surface area contributed by atoms with Crippen LogP contribution in [-0.2, 0) is 9.59 Å². The van der Waals surface area contributed by atoms with Gasteiger partial charge in [-0.3, -0.25) is 9.59 Å². The van der Waals surface area contributed by atoms with Gasteiger partial charge in [-0.1, -0.05) is 45.4 Å². The molecule has 0 radical (unpaired) electrons. The van der Waals surface area contributed by atoms with E-state index in [0.29, 0.717) is 29.8 Å². The maximum absolute atomic E-state index is 13.2. The van der Waals surface area contributed by atoms with Crippen LogP contribution in [0, 0.1) is 34.5 Å². The van der Waals surface area contributed by atoms with E-state index in [1.165, 1.54) is 12.8 Å². The van der Waals surface area contributed by atoms with Crippen molar-refractivity contribution in [1.82, 2.24) is 0 Å². The van der Waals surface area contributed by atoms with E-state index in [1.54, 1.807) is 0 Å². The zero-order valence-corrected chi connectivity index (χ0v) is 14.6. The maximum atomic E-state index is 13.2. The van der Waals surface area contributed by atoms with E-state index in [-0.39, 0.29) is 22.7 Å². The molecule has 4 aliphatic rings. The van der Waals surface area contributed by atoms with Crippen molar-refractivity contribution in [3.05, 3.63) is 23.8 Å². The number of allylic oxidation sites excluding steroid dienone is 4. The van der Waals surface area contributed by atoms with E-state index in [2.05, 4.69) is 39.0 Å². The first-order valence-electron chi connectivity index (χ1n) is 9.36. The van der Waals surface area contributed by atoms with Crippen LogP contribution in [0.3, 0.4) is 0 Å². The average Bonchev–Trinajstić information content (AvgIpc) is 2.82. The summed E-state index contributed by atoms with van der Waals surface area (Å²) >= 11 is 0. The predicted molar refractivity (Wildman–Crippen MR) is 90.8 cm³/mol. The van der Waals surface area contributed by atoms with Crippen LogP contribution in [0.1, 0.15) is 59.3 Å². The van der Waals surface area contributed by atoms with Crippen molar-refractivity contribution < 1.29 is 9.59 Å². The quantitative estimate of drug-likeness (QED) is 0.668. The Hall–Kier alpha value is -1.18. The summed E-state index contributed by atoms with van der Waals surface area (Å²) in [6, 6.07) is 0. The molecule has 0 aromatic rings. The van der Waals surface area contributed by atoms with Crippen molar-refractivity contribution in [2.45, 2.75) is 59.3 Å². The molecule has 0 aliphatic heterocycles. The number of hydrogen-bond donors (Lipinski definition) is 0. The molecule has 3 fully saturated rings. The predicted octanol–water partition coefficient (Wildman–Crippen LogP) is 4.50. The van der Waals surface area contributed by atoms with Gasteiger partial charge in [0.25, 0.3) is 0 Å². The zero-order chi connectivity index (χ0) is 16.4. The highest BCUT2D eigenvalue weighted by Crippen LogP contribution is 2.64. The fourth-order valence-electron chi connectivity index (χ4n) is 6.81. The average molecular weight is 312 g/mol. The van der Waals surface area contributed by atoms with Gasteiger partial charge in [-0.15, -0.1) is 0 Å². The van der Waals surface area contributed by atoms with Gasteiger partial charge < -0.3 is 0 Å². The van der Waals surface area contributed by atoms with Crippen LogP contribution < -0.4 is 0 Å². The normalized spacial score (nSPS) is 48.6. The first kappa shape index (κ1) is 15.4. The lowest BCUT2D eigenvalue weighted by molar-refractivity contribution is -0.145. The Morgan fingerprint density at radius 2 is 2.00 bits per heavy atom. The number of carbonyl (C=O) groups is 2. The molecule has 3 saturated carbocycles. The van der Waals surface area contributed by atoms with Crippen molar-refractivity contribution in [2.75, 3.05) is 0 Å². The monoisotopic (exact) mass is 312 g/mol. The Kier molecular flexibility index (Phi) is 3.28. The molecular formula is C21H28O2. The first-order valence-corrected chi connectivity index (χ1v) is 9.36. The van der Waals surface area contributed by atoms with Crippen LogP contribution in [0.4, 0.5) is 0 Å². The Morgan fingerprint density at radius 3 is 2.74 bits per heavy atom. The molecule has 2 nitrogen and oxygen atoms in total. The highest BCUT2D eigenvalue weighted by Gasteiger charge is 2.62. The van der Waals surface area contributed by atoms with Crippen LogP contribution >= 0.6 is 0 Å². The van der Waals surface area contributed by atoms with Gasteiger partial charge in [0.15, 0.2) is 5.78 Å². The second kappa shape index (κ2) is 4.91. The van der Waals surface area contributed by atoms with Gasteiger partial charge in [0.1, 0.15) is 5.78 Å². The standard InChI is InChI=1S/C21H28O2/c1-4-13-8-9-15-14-11-17(22)16-7-5-6-10-20(16,2)19(14)18(23)12-21(13,15)3/h6-7,10,13-15,19H,4-5,8-9,11-12H2,1-3H3/t13-,14-,15-,19+,20-,21+/m0/s1. The highest BCUT2D eigenvalue weighted by molar-refractivity contribution is 6.01. The summed E-state index contributed by atoms with van der Waals surface area (Å²) in [5.74, 6) is 2.20. The molecule has 0 spiro atoms. The van der Waals surface area contributed by atoms with E-state index in [0.717, 1.165) is 24.8 Å². The molecule has 0 unspecified atom stereocenters. The van der Waals surface area contributed by atoms with Crippen LogP contribution in [0.25, 0.3) is 0 Å². The van der Waals surface area contributed by atoms with Crippen LogP contribution in [-0.4, -0.2) is 11.6 Å². The highest BCUT2D eigenvalue weighted by atomic mass is 16.1. The molecule has 4 rings (SSSR count). The van der Waals surface area contributed by atoms with Crippen LogP contribution in [0.15, 0.2) is 23.8 Å². The summed E-state index contributed by atoms with van der Waals surface area (Å²) in [6.07, 6.45) is 12.1. The molecule has 6 atom stereocenters. The fraction of sp³-hybridized carbons (Fsp3) is 0.714. The fourth-order valence-corrected chi connectivity index (χ4v) is 6.81. The lowest BCUT2D eigenvalue weighted by Gasteiger charge is -2.55. The zero-order valence-electron chi connectivity index (χ0n) is 14.6. The van der Waals surface area contributed by atoms with Gasteiger partial charge in [-0.05, 0) is 42.4 Å².